The Morgan fingerprint density at radius 3 is 1.14 bits per heavy atom. The van der Waals surface area contributed by atoms with E-state index < -0.39 is 10.2 Å². The van der Waals surface area contributed by atoms with Gasteiger partial charge in [0.25, 0.3) is 10.2 Å². The van der Waals surface area contributed by atoms with E-state index in [-0.39, 0.29) is 11.8 Å². The second-order valence-corrected chi connectivity index (χ2v) is 4.94. The van der Waals surface area contributed by atoms with Gasteiger partial charge < -0.3 is 14.8 Å². The molecule has 0 fully saturated rings. The van der Waals surface area contributed by atoms with Crippen LogP contribution in [-0.4, -0.2) is 61.6 Å². The number of hydrogen-bond donors (Lipinski definition) is 4. The first-order valence-electron chi connectivity index (χ1n) is 5.72. The van der Waals surface area contributed by atoms with Gasteiger partial charge in [0.2, 0.25) is 6.08 Å². The minimum atomic E-state index is -3.16. The van der Waals surface area contributed by atoms with Crippen LogP contribution in [0.5, 0.6) is 0 Å². The zero-order valence-electron chi connectivity index (χ0n) is 14.4. The Hall–Kier alpha value is -1.65. The van der Waals surface area contributed by atoms with Crippen LogP contribution in [0.1, 0.15) is 20.8 Å². The maximum Gasteiger partial charge on any atom is 0.302 e. The normalized spacial score (nSPS) is 7.64. The van der Waals surface area contributed by atoms with Gasteiger partial charge in [-0.2, -0.15) is 8.42 Å². The molecule has 22 heavy (non-hydrogen) atoms. The van der Waals surface area contributed by atoms with E-state index in [9.17, 15) is 18.0 Å². The first-order valence-corrected chi connectivity index (χ1v) is 7.20. The number of nitrogens with one attached hydrogen (secondary N) is 4. The molecule has 0 aliphatic rings. The predicted octanol–water partition coefficient (Wildman–Crippen LogP) is -0.819. The van der Waals surface area contributed by atoms with Crippen molar-refractivity contribution < 1.29 is 27.5 Å². The molecule has 134 valence electrons. The molecule has 0 atom stereocenters. The van der Waals surface area contributed by atoms with E-state index in [1.165, 1.54) is 42.0 Å². The van der Waals surface area contributed by atoms with Crippen molar-refractivity contribution in [1.29, 1.82) is 5.41 Å². The minimum absolute atomic E-state index is 0.167. The fourth-order valence-corrected chi connectivity index (χ4v) is 0.306. The lowest BCUT2D eigenvalue weighted by Gasteiger charge is -1.94. The zero-order valence-corrected chi connectivity index (χ0v) is 15.2. The van der Waals surface area contributed by atoms with Crippen molar-refractivity contribution in [3.8, 4) is 0 Å². The van der Waals surface area contributed by atoms with Crippen molar-refractivity contribution in [3.63, 3.8) is 0 Å². The van der Waals surface area contributed by atoms with Crippen molar-refractivity contribution in [2.45, 2.75) is 20.8 Å². The molecule has 0 aromatic heterocycles. The number of isocyanates is 1. The van der Waals surface area contributed by atoms with Gasteiger partial charge >= 0.3 is 5.97 Å². The number of hydrogen-bond acceptors (Lipinski definition) is 8. The fourth-order valence-electron chi connectivity index (χ4n) is 0.102. The largest absolute Gasteiger partial charge is 0.469 e. The first-order chi connectivity index (χ1) is 9.95. The van der Waals surface area contributed by atoms with Crippen LogP contribution in [0.3, 0.4) is 0 Å². The summed E-state index contributed by atoms with van der Waals surface area (Å²) in [5, 5.41) is 8.15. The van der Waals surface area contributed by atoms with Crippen LogP contribution in [-0.2, 0) is 29.3 Å². The Balaban J connectivity index is -0.0000000574. The van der Waals surface area contributed by atoms with Gasteiger partial charge in [-0.25, -0.2) is 19.6 Å². The van der Waals surface area contributed by atoms with E-state index >= 15 is 0 Å². The number of ether oxygens (including phenoxy) is 1. The summed E-state index contributed by atoms with van der Waals surface area (Å²) < 4.78 is 28.5. The average Bonchev–Trinajstić information content (AvgIpc) is 2.40. The summed E-state index contributed by atoms with van der Waals surface area (Å²) in [4.78, 5) is 27.4. The predicted molar refractivity (Wildman–Crippen MR) is 84.5 cm³/mol. The molecule has 0 radical (unpaired) electrons. The topological polar surface area (TPSA) is 155 Å². The quantitative estimate of drug-likeness (QED) is 0.290. The molecule has 0 aliphatic heterocycles. The van der Waals surface area contributed by atoms with Crippen molar-refractivity contribution in [1.82, 2.24) is 14.8 Å². The lowest BCUT2D eigenvalue weighted by Crippen LogP contribution is -2.30. The molecule has 0 saturated heterocycles. The van der Waals surface area contributed by atoms with Gasteiger partial charge in [0, 0.05) is 21.0 Å². The Bertz CT molecular complexity index is 364. The van der Waals surface area contributed by atoms with Gasteiger partial charge in [-0.3, -0.25) is 4.79 Å². The van der Waals surface area contributed by atoms with Crippen LogP contribution < -0.4 is 14.8 Å². The highest BCUT2D eigenvalue weighted by atomic mass is 32.2. The van der Waals surface area contributed by atoms with Crippen molar-refractivity contribution >= 4 is 28.0 Å². The maximum atomic E-state index is 10.1. The van der Waals surface area contributed by atoms with Gasteiger partial charge in [0.1, 0.15) is 5.78 Å². The highest BCUT2D eigenvalue weighted by Gasteiger charge is 1.96. The summed E-state index contributed by atoms with van der Waals surface area (Å²) in [6, 6.07) is 0. The van der Waals surface area contributed by atoms with E-state index in [1.54, 1.807) is 0 Å². The average molecular weight is 344 g/mol. The lowest BCUT2D eigenvalue weighted by atomic mass is 10.6. The van der Waals surface area contributed by atoms with E-state index in [2.05, 4.69) is 19.5 Å². The highest BCUT2D eigenvalue weighted by molar-refractivity contribution is 7.87. The van der Waals surface area contributed by atoms with E-state index in [0.717, 1.165) is 6.08 Å². The van der Waals surface area contributed by atoms with Crippen LogP contribution in [0.4, 0.5) is 0 Å². The molecule has 0 saturated carbocycles. The Morgan fingerprint density at radius 2 is 1.14 bits per heavy atom. The summed E-state index contributed by atoms with van der Waals surface area (Å²) >= 11 is 0. The summed E-state index contributed by atoms with van der Waals surface area (Å²) in [5.74, 6) is -0.0787. The molecule has 0 rings (SSSR count). The molecule has 11 heteroatoms. The van der Waals surface area contributed by atoms with E-state index in [1.807, 2.05) is 14.1 Å². The Labute approximate surface area is 132 Å². The second-order valence-electron chi connectivity index (χ2n) is 3.12. The maximum absolute atomic E-state index is 10.1. The Kier molecular flexibility index (Phi) is 40.6. The van der Waals surface area contributed by atoms with Gasteiger partial charge in [-0.1, -0.05) is 0 Å². The molecule has 0 spiro atoms. The molecular formula is C11H28N4O6S. The summed E-state index contributed by atoms with van der Waals surface area (Å²) in [6.45, 7) is 4.42. The highest BCUT2D eigenvalue weighted by Crippen LogP contribution is 1.63. The summed E-state index contributed by atoms with van der Waals surface area (Å²) in [5.41, 5.74) is 0. The van der Waals surface area contributed by atoms with Crippen molar-refractivity contribution in [2.24, 2.45) is 0 Å². The molecule has 0 aromatic rings. The number of esters is 1. The standard InChI is InChI=1S/C3H6O2.C3H6O.C2H8N2O2S.C2H7N.CHNO/c1-3(4)5-2;1-3(2)4;1-3-7(5,6)4-2;1-3-2;2-1-3/h1-2H3;1-2H3;3-4H,1-2H3;3H,1-2H3;2H. The van der Waals surface area contributed by atoms with Gasteiger partial charge in [-0.15, -0.1) is 0 Å². The van der Waals surface area contributed by atoms with Crippen LogP contribution >= 0.6 is 0 Å². The molecule has 0 bridgehead atoms. The fraction of sp³-hybridized carbons (Fsp3) is 0.727. The monoisotopic (exact) mass is 344 g/mol. The lowest BCUT2D eigenvalue weighted by molar-refractivity contribution is -0.137. The molecule has 4 N–H and O–H groups in total. The zero-order chi connectivity index (χ0) is 19.2. The minimum Gasteiger partial charge on any atom is -0.469 e. The van der Waals surface area contributed by atoms with E-state index in [4.69, 9.17) is 10.2 Å². The summed E-state index contributed by atoms with van der Waals surface area (Å²) in [7, 11) is 4.62. The number of carbonyl (C=O) groups is 2. The smallest absolute Gasteiger partial charge is 0.302 e. The molecule has 0 amide bonds. The number of carbonyl (C=O) groups excluding carboxylic acids is 3. The third-order valence-corrected chi connectivity index (χ3v) is 1.90. The molecule has 0 aliphatic carbocycles. The molecule has 0 aromatic carbocycles. The molecule has 0 unspecified atom stereocenters. The number of ketones is 1. The van der Waals surface area contributed by atoms with Gasteiger partial charge in [0.05, 0.1) is 7.11 Å². The van der Waals surface area contributed by atoms with Crippen LogP contribution in [0.15, 0.2) is 0 Å². The van der Waals surface area contributed by atoms with Crippen LogP contribution in [0, 0.1) is 5.41 Å². The van der Waals surface area contributed by atoms with Gasteiger partial charge in [0.15, 0.2) is 0 Å². The van der Waals surface area contributed by atoms with E-state index in [0.29, 0.717) is 0 Å². The second kappa shape index (κ2) is 27.7. The number of rotatable bonds is 2. The SMILES string of the molecule is CC(C)=O.CNC.CNS(=O)(=O)NC.COC(C)=O.N=C=O. The third-order valence-electron chi connectivity index (χ3n) is 0.825. The summed E-state index contributed by atoms with van der Waals surface area (Å²) in [6.07, 6.45) is 0.750. The molecule has 0 heterocycles. The number of methoxy groups -OCH3 is 1. The van der Waals surface area contributed by atoms with Gasteiger partial charge in [-0.05, 0) is 27.9 Å². The molecule has 10 nitrogen and oxygen atoms in total. The third kappa shape index (κ3) is 137. The Morgan fingerprint density at radius 1 is 1.00 bits per heavy atom. The molecular weight excluding hydrogens is 316 g/mol. The number of Topliss-reactive ketones (excluding diaryl/α,β-unsaturated/α-hetero) is 1. The first kappa shape index (κ1) is 32.3. The van der Waals surface area contributed by atoms with Crippen LogP contribution in [0.25, 0.3) is 0 Å². The van der Waals surface area contributed by atoms with Crippen molar-refractivity contribution in [3.05, 3.63) is 0 Å². The van der Waals surface area contributed by atoms with Crippen molar-refractivity contribution in [2.75, 3.05) is 35.3 Å². The van der Waals surface area contributed by atoms with Crippen LogP contribution in [0.2, 0.25) is 0 Å².